The molecule has 1 aliphatic heterocycles. The zero-order chi connectivity index (χ0) is 18.7. The standard InChI is InChI=1S/C20H20N2O3S/c1-4-14-7-5-6-8-15(14)21-20-22(2)19(24)18(26-20)12-13-9-10-16(23)17(11-13)25-3/h5-12,23H,4H2,1-3H3/b18-12+,21-20?. The van der Waals surface area contributed by atoms with Crippen molar-refractivity contribution in [1.29, 1.82) is 0 Å². The number of phenolic OH excluding ortho intramolecular Hbond substituents is 1. The summed E-state index contributed by atoms with van der Waals surface area (Å²) in [6.07, 6.45) is 2.66. The van der Waals surface area contributed by atoms with Crippen LogP contribution in [0.1, 0.15) is 18.1 Å². The minimum atomic E-state index is -0.102. The number of amidine groups is 1. The van der Waals surface area contributed by atoms with Crippen molar-refractivity contribution in [3.05, 3.63) is 58.5 Å². The van der Waals surface area contributed by atoms with E-state index in [9.17, 15) is 9.90 Å². The molecule has 1 aliphatic rings. The third kappa shape index (κ3) is 3.60. The van der Waals surface area contributed by atoms with Crippen LogP contribution in [0.5, 0.6) is 11.5 Å². The number of aliphatic imine (C=N–C) groups is 1. The van der Waals surface area contributed by atoms with Crippen molar-refractivity contribution in [2.75, 3.05) is 14.2 Å². The number of aryl methyl sites for hydroxylation is 1. The fourth-order valence-electron chi connectivity index (χ4n) is 2.61. The predicted octanol–water partition coefficient (Wildman–Crippen LogP) is 4.20. The summed E-state index contributed by atoms with van der Waals surface area (Å²) < 4.78 is 5.12. The number of methoxy groups -OCH3 is 1. The molecule has 2 aromatic rings. The van der Waals surface area contributed by atoms with Gasteiger partial charge in [-0.1, -0.05) is 31.2 Å². The Bertz CT molecular complexity index is 906. The number of likely N-dealkylation sites (N-methyl/N-ethyl adjacent to an activating group) is 1. The van der Waals surface area contributed by atoms with Crippen molar-refractivity contribution in [3.63, 3.8) is 0 Å². The predicted molar refractivity (Wildman–Crippen MR) is 106 cm³/mol. The number of benzene rings is 2. The van der Waals surface area contributed by atoms with Gasteiger partial charge in [-0.25, -0.2) is 4.99 Å². The molecular weight excluding hydrogens is 348 g/mol. The molecule has 0 aliphatic carbocycles. The second-order valence-electron chi connectivity index (χ2n) is 5.78. The lowest BCUT2D eigenvalue weighted by Gasteiger charge is -2.08. The number of hydrogen-bond donors (Lipinski definition) is 1. The molecule has 26 heavy (non-hydrogen) atoms. The Hall–Kier alpha value is -2.73. The summed E-state index contributed by atoms with van der Waals surface area (Å²) in [7, 11) is 3.21. The summed E-state index contributed by atoms with van der Waals surface area (Å²) in [5, 5.41) is 10.3. The normalized spacial score (nSPS) is 17.3. The first kappa shape index (κ1) is 18.1. The zero-order valence-corrected chi connectivity index (χ0v) is 15.7. The highest BCUT2D eigenvalue weighted by molar-refractivity contribution is 8.18. The van der Waals surface area contributed by atoms with Crippen LogP contribution in [-0.4, -0.2) is 35.2 Å². The van der Waals surface area contributed by atoms with E-state index in [0.29, 0.717) is 15.8 Å². The van der Waals surface area contributed by atoms with Gasteiger partial charge in [-0.05, 0) is 53.6 Å². The minimum absolute atomic E-state index is 0.0654. The highest BCUT2D eigenvalue weighted by atomic mass is 32.2. The maximum Gasteiger partial charge on any atom is 0.266 e. The van der Waals surface area contributed by atoms with Crippen LogP contribution >= 0.6 is 11.8 Å². The number of thioether (sulfide) groups is 1. The molecule has 0 bridgehead atoms. The van der Waals surface area contributed by atoms with E-state index < -0.39 is 0 Å². The van der Waals surface area contributed by atoms with Gasteiger partial charge in [0.15, 0.2) is 16.7 Å². The summed E-state index contributed by atoms with van der Waals surface area (Å²) in [5.41, 5.74) is 2.80. The maximum atomic E-state index is 12.6. The van der Waals surface area contributed by atoms with Crippen LogP contribution in [0.4, 0.5) is 5.69 Å². The fraction of sp³-hybridized carbons (Fsp3) is 0.200. The average molecular weight is 368 g/mol. The smallest absolute Gasteiger partial charge is 0.266 e. The van der Waals surface area contributed by atoms with Gasteiger partial charge in [0, 0.05) is 7.05 Å². The van der Waals surface area contributed by atoms with E-state index in [1.54, 1.807) is 36.2 Å². The van der Waals surface area contributed by atoms with E-state index in [0.717, 1.165) is 23.2 Å². The Balaban J connectivity index is 1.92. The van der Waals surface area contributed by atoms with Crippen molar-refractivity contribution >= 4 is 34.6 Å². The van der Waals surface area contributed by atoms with Crippen molar-refractivity contribution in [2.24, 2.45) is 4.99 Å². The topological polar surface area (TPSA) is 62.1 Å². The molecule has 6 heteroatoms. The van der Waals surface area contributed by atoms with Gasteiger partial charge in [0.05, 0.1) is 17.7 Å². The van der Waals surface area contributed by atoms with E-state index in [2.05, 4.69) is 11.9 Å². The summed E-state index contributed by atoms with van der Waals surface area (Å²) in [6.45, 7) is 2.08. The quantitative estimate of drug-likeness (QED) is 0.822. The Morgan fingerprint density at radius 2 is 2.04 bits per heavy atom. The largest absolute Gasteiger partial charge is 0.504 e. The molecule has 0 spiro atoms. The summed E-state index contributed by atoms with van der Waals surface area (Å²) in [6, 6.07) is 12.9. The van der Waals surface area contributed by atoms with E-state index in [1.807, 2.05) is 24.3 Å². The van der Waals surface area contributed by atoms with E-state index in [1.165, 1.54) is 18.9 Å². The van der Waals surface area contributed by atoms with Gasteiger partial charge in [-0.2, -0.15) is 0 Å². The van der Waals surface area contributed by atoms with Gasteiger partial charge >= 0.3 is 0 Å². The highest BCUT2D eigenvalue weighted by Crippen LogP contribution is 2.35. The summed E-state index contributed by atoms with van der Waals surface area (Å²) in [4.78, 5) is 19.4. The first-order chi connectivity index (χ1) is 12.5. The number of amides is 1. The van der Waals surface area contributed by atoms with Crippen LogP contribution in [0, 0.1) is 0 Å². The average Bonchev–Trinajstić information content (AvgIpc) is 2.91. The van der Waals surface area contributed by atoms with Crippen LogP contribution in [-0.2, 0) is 11.2 Å². The van der Waals surface area contributed by atoms with Crippen molar-refractivity contribution in [2.45, 2.75) is 13.3 Å². The molecule has 1 N–H and O–H groups in total. The molecule has 5 nitrogen and oxygen atoms in total. The summed E-state index contributed by atoms with van der Waals surface area (Å²) >= 11 is 1.34. The van der Waals surface area contributed by atoms with Gasteiger partial charge in [-0.15, -0.1) is 0 Å². The number of carbonyl (C=O) groups excluding carboxylic acids is 1. The molecule has 0 atom stereocenters. The van der Waals surface area contributed by atoms with Gasteiger partial charge in [0.1, 0.15) is 0 Å². The van der Waals surface area contributed by atoms with Gasteiger partial charge < -0.3 is 9.84 Å². The third-order valence-electron chi connectivity index (χ3n) is 4.09. The molecule has 0 aromatic heterocycles. The fourth-order valence-corrected chi connectivity index (χ4v) is 3.59. The number of para-hydroxylation sites is 1. The van der Waals surface area contributed by atoms with Gasteiger partial charge in [0.2, 0.25) is 0 Å². The molecular formula is C20H20N2O3S. The Morgan fingerprint density at radius 1 is 1.27 bits per heavy atom. The van der Waals surface area contributed by atoms with E-state index >= 15 is 0 Å². The second-order valence-corrected chi connectivity index (χ2v) is 6.79. The lowest BCUT2D eigenvalue weighted by Crippen LogP contribution is -2.23. The SMILES string of the molecule is CCc1ccccc1N=C1S/C(=C/c2ccc(O)c(OC)c2)C(=O)N1C. The number of hydrogen-bond acceptors (Lipinski definition) is 5. The number of phenols is 1. The van der Waals surface area contributed by atoms with E-state index in [-0.39, 0.29) is 11.7 Å². The molecule has 1 fully saturated rings. The molecule has 2 aromatic carbocycles. The van der Waals surface area contributed by atoms with Gasteiger partial charge in [-0.3, -0.25) is 9.69 Å². The van der Waals surface area contributed by atoms with Crippen LogP contribution in [0.25, 0.3) is 6.08 Å². The molecule has 1 heterocycles. The Morgan fingerprint density at radius 3 is 2.77 bits per heavy atom. The molecule has 0 radical (unpaired) electrons. The summed E-state index contributed by atoms with van der Waals surface area (Å²) in [5.74, 6) is 0.333. The molecule has 1 amide bonds. The van der Waals surface area contributed by atoms with Crippen LogP contribution in [0.3, 0.4) is 0 Å². The number of nitrogens with zero attached hydrogens (tertiary/aromatic N) is 2. The van der Waals surface area contributed by atoms with Crippen LogP contribution in [0.2, 0.25) is 0 Å². The Labute approximate surface area is 157 Å². The first-order valence-electron chi connectivity index (χ1n) is 8.24. The Kier molecular flexibility index (Phi) is 5.32. The maximum absolute atomic E-state index is 12.6. The third-order valence-corrected chi connectivity index (χ3v) is 5.15. The number of ether oxygens (including phenoxy) is 1. The molecule has 0 saturated carbocycles. The molecule has 134 valence electrons. The molecule has 1 saturated heterocycles. The minimum Gasteiger partial charge on any atom is -0.504 e. The second kappa shape index (κ2) is 7.66. The molecule has 0 unspecified atom stereocenters. The number of aromatic hydroxyl groups is 1. The van der Waals surface area contributed by atoms with Crippen LogP contribution < -0.4 is 4.74 Å². The van der Waals surface area contributed by atoms with Crippen molar-refractivity contribution in [1.82, 2.24) is 4.90 Å². The zero-order valence-electron chi connectivity index (χ0n) is 14.9. The van der Waals surface area contributed by atoms with Crippen molar-refractivity contribution in [3.8, 4) is 11.5 Å². The lowest BCUT2D eigenvalue weighted by atomic mass is 10.1. The molecule has 3 rings (SSSR count). The highest BCUT2D eigenvalue weighted by Gasteiger charge is 2.30. The van der Waals surface area contributed by atoms with Crippen molar-refractivity contribution < 1.29 is 14.6 Å². The number of carbonyl (C=O) groups is 1. The van der Waals surface area contributed by atoms with E-state index in [4.69, 9.17) is 4.74 Å². The lowest BCUT2D eigenvalue weighted by molar-refractivity contribution is -0.121. The monoisotopic (exact) mass is 368 g/mol. The first-order valence-corrected chi connectivity index (χ1v) is 9.06. The number of rotatable bonds is 4. The van der Waals surface area contributed by atoms with Crippen LogP contribution in [0.15, 0.2) is 52.4 Å². The van der Waals surface area contributed by atoms with Gasteiger partial charge in [0.25, 0.3) is 5.91 Å².